The standard InChI is InChI=1S/C34H35O5.3C4H9.Sn/c1-5-13-27(14-6-1)21-35-25-31-33(38-23-29-17-9-3-10-18-29)34(39-24-30-19-11-4-12-20-30)32(26-37-31)36-22-28-15-7-2-8-16-28;3*1-3-4-2;/h1-20,26,31-34H,21-25H2;3*1,3-4H2,2H3;/t31?,32?,33-,34?;;;;/m1..../s1. The van der Waals surface area contributed by atoms with Crippen LogP contribution in [0.1, 0.15) is 81.5 Å². The Balaban J connectivity index is 1.57. The maximum absolute atomic E-state index is 7.60. The van der Waals surface area contributed by atoms with Crippen molar-refractivity contribution in [1.82, 2.24) is 0 Å². The molecule has 0 N–H and O–H groups in total. The fourth-order valence-corrected chi connectivity index (χ4v) is 25.4. The SMILES string of the molecule is CCC[CH2][Sn]([CH2]CCC)([CH2]CCC)[C@@H]1OC(COCc2ccccc2)[C@@H](OCc2ccccc2)C(OCc2ccccc2)C1OCc1ccccc1. The Morgan fingerprint density at radius 2 is 0.827 bits per heavy atom. The third kappa shape index (κ3) is 12.3. The summed E-state index contributed by atoms with van der Waals surface area (Å²) in [7, 11) is 0. The summed E-state index contributed by atoms with van der Waals surface area (Å²) in [5.74, 6) is 0. The van der Waals surface area contributed by atoms with Gasteiger partial charge < -0.3 is 0 Å². The van der Waals surface area contributed by atoms with Crippen molar-refractivity contribution in [3.05, 3.63) is 144 Å². The van der Waals surface area contributed by atoms with Crippen molar-refractivity contribution in [1.29, 1.82) is 0 Å². The molecule has 3 unspecified atom stereocenters. The van der Waals surface area contributed by atoms with E-state index in [9.17, 15) is 0 Å². The molecule has 1 saturated heterocycles. The third-order valence-corrected chi connectivity index (χ3v) is 26.9. The van der Waals surface area contributed by atoms with Crippen LogP contribution in [0.2, 0.25) is 13.3 Å². The van der Waals surface area contributed by atoms with Crippen LogP contribution in [-0.4, -0.2) is 53.5 Å². The predicted molar refractivity (Wildman–Crippen MR) is 215 cm³/mol. The average Bonchev–Trinajstić information content (AvgIpc) is 3.20. The molecular weight excluding hydrogens is 751 g/mol. The first-order valence-corrected chi connectivity index (χ1v) is 27.6. The molecule has 0 radical (unpaired) electrons. The molecule has 1 heterocycles. The van der Waals surface area contributed by atoms with Crippen LogP contribution in [0.3, 0.4) is 0 Å². The van der Waals surface area contributed by atoms with Crippen molar-refractivity contribution in [3.8, 4) is 0 Å². The minimum atomic E-state index is -3.15. The second kappa shape index (κ2) is 22.6. The molecule has 0 aromatic heterocycles. The van der Waals surface area contributed by atoms with Gasteiger partial charge in [0.15, 0.2) is 0 Å². The van der Waals surface area contributed by atoms with Gasteiger partial charge in [0.05, 0.1) is 0 Å². The average molecular weight is 814 g/mol. The Hall–Kier alpha value is -2.52. The molecule has 0 bridgehead atoms. The zero-order valence-electron chi connectivity index (χ0n) is 31.9. The Bertz CT molecular complexity index is 1470. The number of unbranched alkanes of at least 4 members (excludes halogenated alkanes) is 3. The van der Waals surface area contributed by atoms with Crippen molar-refractivity contribution in [2.24, 2.45) is 0 Å². The van der Waals surface area contributed by atoms with Crippen LogP contribution in [0.15, 0.2) is 121 Å². The summed E-state index contributed by atoms with van der Waals surface area (Å²) in [6.45, 7) is 9.40. The van der Waals surface area contributed by atoms with E-state index in [1.165, 1.54) is 51.8 Å². The Labute approximate surface area is 318 Å². The molecule has 6 heteroatoms. The second-order valence-electron chi connectivity index (χ2n) is 14.6. The summed E-state index contributed by atoms with van der Waals surface area (Å²) in [5, 5.41) is 0. The first-order chi connectivity index (χ1) is 25.7. The molecule has 280 valence electrons. The molecule has 1 aliphatic rings. The van der Waals surface area contributed by atoms with Crippen molar-refractivity contribution in [2.45, 2.75) is 128 Å². The van der Waals surface area contributed by atoms with Crippen LogP contribution in [0, 0.1) is 0 Å². The van der Waals surface area contributed by atoms with Crippen LogP contribution in [-0.2, 0) is 50.1 Å². The molecule has 4 aromatic carbocycles. The van der Waals surface area contributed by atoms with Crippen LogP contribution in [0.5, 0.6) is 0 Å². The van der Waals surface area contributed by atoms with Gasteiger partial charge >= 0.3 is 320 Å². The number of rotatable bonds is 23. The molecule has 52 heavy (non-hydrogen) atoms. The molecule has 0 amide bonds. The maximum atomic E-state index is 7.60. The quantitative estimate of drug-likeness (QED) is 0.0698. The molecule has 0 aliphatic carbocycles. The molecule has 5 nitrogen and oxygen atoms in total. The van der Waals surface area contributed by atoms with Crippen molar-refractivity contribution in [2.75, 3.05) is 6.61 Å². The van der Waals surface area contributed by atoms with E-state index in [1.54, 1.807) is 0 Å². The van der Waals surface area contributed by atoms with E-state index in [0.717, 1.165) is 22.3 Å². The van der Waals surface area contributed by atoms with E-state index in [1.807, 2.05) is 12.1 Å². The molecule has 1 fully saturated rings. The van der Waals surface area contributed by atoms with Gasteiger partial charge in [-0.05, 0) is 0 Å². The summed E-state index contributed by atoms with van der Waals surface area (Å²) < 4.78 is 39.4. The van der Waals surface area contributed by atoms with Gasteiger partial charge in [0.25, 0.3) is 0 Å². The molecule has 5 atom stereocenters. The minimum absolute atomic E-state index is 0.0188. The van der Waals surface area contributed by atoms with Gasteiger partial charge in [0.1, 0.15) is 0 Å². The molecule has 5 rings (SSSR count). The van der Waals surface area contributed by atoms with E-state index in [2.05, 4.69) is 130 Å². The van der Waals surface area contributed by atoms with Gasteiger partial charge in [0.2, 0.25) is 0 Å². The Morgan fingerprint density at radius 3 is 1.23 bits per heavy atom. The summed E-state index contributed by atoms with van der Waals surface area (Å²) in [4.78, 5) is 0. The van der Waals surface area contributed by atoms with E-state index < -0.39 is 18.4 Å². The normalized spacial score (nSPS) is 20.6. The summed E-state index contributed by atoms with van der Waals surface area (Å²) in [6, 6.07) is 41.9. The van der Waals surface area contributed by atoms with E-state index in [-0.39, 0.29) is 28.5 Å². The van der Waals surface area contributed by atoms with Crippen molar-refractivity contribution in [3.63, 3.8) is 0 Å². The van der Waals surface area contributed by atoms with E-state index >= 15 is 0 Å². The van der Waals surface area contributed by atoms with Crippen LogP contribution in [0.4, 0.5) is 0 Å². The third-order valence-electron chi connectivity index (χ3n) is 10.6. The topological polar surface area (TPSA) is 46.2 Å². The summed E-state index contributed by atoms with van der Waals surface area (Å²) >= 11 is -3.15. The second-order valence-corrected chi connectivity index (χ2v) is 28.2. The predicted octanol–water partition coefficient (Wildman–Crippen LogP) is 11.1. The monoisotopic (exact) mass is 814 g/mol. The van der Waals surface area contributed by atoms with Crippen LogP contribution < -0.4 is 0 Å². The number of hydrogen-bond acceptors (Lipinski definition) is 5. The van der Waals surface area contributed by atoms with E-state index in [0.29, 0.717) is 33.0 Å². The Kier molecular flexibility index (Phi) is 17.7. The van der Waals surface area contributed by atoms with Gasteiger partial charge in [-0.2, -0.15) is 0 Å². The molecule has 1 aliphatic heterocycles. The van der Waals surface area contributed by atoms with Gasteiger partial charge in [-0.15, -0.1) is 0 Å². The number of hydrogen-bond donors (Lipinski definition) is 0. The number of benzene rings is 4. The summed E-state index contributed by atoms with van der Waals surface area (Å²) in [6.07, 6.45) is 6.04. The van der Waals surface area contributed by atoms with Gasteiger partial charge in [-0.3, -0.25) is 0 Å². The zero-order valence-corrected chi connectivity index (χ0v) is 34.7. The first kappa shape index (κ1) is 40.7. The van der Waals surface area contributed by atoms with Gasteiger partial charge in [-0.1, -0.05) is 0 Å². The Morgan fingerprint density at radius 1 is 0.462 bits per heavy atom. The van der Waals surface area contributed by atoms with Crippen LogP contribution in [0.25, 0.3) is 0 Å². The van der Waals surface area contributed by atoms with Crippen LogP contribution >= 0.6 is 0 Å². The fraction of sp³-hybridized carbons (Fsp3) is 0.478. The van der Waals surface area contributed by atoms with Crippen molar-refractivity contribution < 1.29 is 23.7 Å². The summed E-state index contributed by atoms with van der Waals surface area (Å²) in [5.41, 5.74) is 4.58. The number of ether oxygens (including phenoxy) is 5. The molecule has 0 saturated carbocycles. The zero-order chi connectivity index (χ0) is 36.3. The first-order valence-electron chi connectivity index (χ1n) is 19.9. The van der Waals surface area contributed by atoms with E-state index in [4.69, 9.17) is 23.7 Å². The van der Waals surface area contributed by atoms with Crippen molar-refractivity contribution >= 4 is 18.4 Å². The molecule has 4 aromatic rings. The molecular formula is C46H62O5Sn. The van der Waals surface area contributed by atoms with Gasteiger partial charge in [0, 0.05) is 0 Å². The fourth-order valence-electron chi connectivity index (χ4n) is 7.67. The molecule has 0 spiro atoms. The van der Waals surface area contributed by atoms with Gasteiger partial charge in [-0.25, -0.2) is 0 Å².